The van der Waals surface area contributed by atoms with Crippen molar-refractivity contribution in [2.45, 2.75) is 26.7 Å². The zero-order valence-electron chi connectivity index (χ0n) is 13.1. The highest BCUT2D eigenvalue weighted by Crippen LogP contribution is 2.21. The highest BCUT2D eigenvalue weighted by atomic mass is 127. The summed E-state index contributed by atoms with van der Waals surface area (Å²) in [5.74, 6) is 1.85. The van der Waals surface area contributed by atoms with Crippen molar-refractivity contribution in [3.05, 3.63) is 27.3 Å². The molecule has 1 heterocycles. The van der Waals surface area contributed by atoms with Gasteiger partial charge in [0.1, 0.15) is 12.4 Å². The Labute approximate surface area is 142 Å². The van der Waals surface area contributed by atoms with Gasteiger partial charge in [0, 0.05) is 6.54 Å². The van der Waals surface area contributed by atoms with Gasteiger partial charge in [-0.05, 0) is 79.1 Å². The summed E-state index contributed by atoms with van der Waals surface area (Å²) in [6.45, 7) is 10.0. The van der Waals surface area contributed by atoms with Gasteiger partial charge < -0.3 is 14.4 Å². The number of nitrogens with zero attached hydrogens (tertiary/aromatic N) is 1. The Hall–Kier alpha value is -0.330. The molecule has 1 saturated heterocycles. The summed E-state index contributed by atoms with van der Waals surface area (Å²) < 4.78 is 12.6. The van der Waals surface area contributed by atoms with Crippen LogP contribution in [0.25, 0.3) is 0 Å². The third-order valence-electron chi connectivity index (χ3n) is 4.00. The molecular formula is C17H26INO2. The van der Waals surface area contributed by atoms with E-state index >= 15 is 0 Å². The fourth-order valence-electron chi connectivity index (χ4n) is 2.51. The van der Waals surface area contributed by atoms with E-state index in [-0.39, 0.29) is 0 Å². The van der Waals surface area contributed by atoms with E-state index in [9.17, 15) is 0 Å². The second-order valence-corrected chi connectivity index (χ2v) is 7.08. The largest absolute Gasteiger partial charge is 0.490 e. The van der Waals surface area contributed by atoms with E-state index in [1.807, 2.05) is 6.07 Å². The molecule has 1 aliphatic rings. The Morgan fingerprint density at radius 3 is 2.67 bits per heavy atom. The molecule has 0 atom stereocenters. The number of likely N-dealkylation sites (tertiary alicyclic amines) is 1. The van der Waals surface area contributed by atoms with Crippen LogP contribution in [0, 0.1) is 16.4 Å². The number of aryl methyl sites for hydroxylation is 1. The lowest BCUT2D eigenvalue weighted by molar-refractivity contribution is 0.0707. The van der Waals surface area contributed by atoms with Crippen LogP contribution >= 0.6 is 22.6 Å². The summed E-state index contributed by atoms with van der Waals surface area (Å²) >= 11 is 2.31. The van der Waals surface area contributed by atoms with Crippen LogP contribution in [0.2, 0.25) is 0 Å². The maximum Gasteiger partial charge on any atom is 0.132 e. The molecular weight excluding hydrogens is 377 g/mol. The van der Waals surface area contributed by atoms with Gasteiger partial charge in [0.25, 0.3) is 0 Å². The number of hydrogen-bond acceptors (Lipinski definition) is 3. The van der Waals surface area contributed by atoms with E-state index < -0.39 is 0 Å². The van der Waals surface area contributed by atoms with Crippen LogP contribution in [0.15, 0.2) is 18.2 Å². The van der Waals surface area contributed by atoms with Gasteiger partial charge in [0.05, 0.1) is 16.8 Å². The summed E-state index contributed by atoms with van der Waals surface area (Å²) in [6.07, 6.45) is 2.66. The highest BCUT2D eigenvalue weighted by Gasteiger charge is 2.14. The third-order valence-corrected chi connectivity index (χ3v) is 4.84. The highest BCUT2D eigenvalue weighted by molar-refractivity contribution is 14.1. The van der Waals surface area contributed by atoms with Crippen LogP contribution in [0.4, 0.5) is 0 Å². The molecule has 118 valence electrons. The molecule has 0 aliphatic carbocycles. The van der Waals surface area contributed by atoms with Crippen molar-refractivity contribution >= 4 is 22.6 Å². The molecule has 1 aliphatic heterocycles. The summed E-state index contributed by atoms with van der Waals surface area (Å²) in [5, 5.41) is 0. The maximum absolute atomic E-state index is 5.75. The standard InChI is InChI=1S/C17H26INO2/c1-14-5-7-19(8-6-14)9-10-20-11-12-21-17-4-3-15(2)13-16(17)18/h3-4,13-14H,5-12H2,1-2H3. The van der Waals surface area contributed by atoms with Crippen LogP contribution in [0.1, 0.15) is 25.3 Å². The zero-order valence-corrected chi connectivity index (χ0v) is 15.3. The average Bonchev–Trinajstić information content (AvgIpc) is 2.46. The first-order chi connectivity index (χ1) is 10.1. The molecule has 21 heavy (non-hydrogen) atoms. The zero-order chi connectivity index (χ0) is 15.1. The third kappa shape index (κ3) is 6.12. The monoisotopic (exact) mass is 403 g/mol. The van der Waals surface area contributed by atoms with Gasteiger partial charge in [-0.1, -0.05) is 13.0 Å². The number of hydrogen-bond donors (Lipinski definition) is 0. The molecule has 0 unspecified atom stereocenters. The minimum atomic E-state index is 0.621. The van der Waals surface area contributed by atoms with Gasteiger partial charge in [-0.2, -0.15) is 0 Å². The lowest BCUT2D eigenvalue weighted by Gasteiger charge is -2.29. The minimum absolute atomic E-state index is 0.621. The number of rotatable bonds is 7. The summed E-state index contributed by atoms with van der Waals surface area (Å²) in [4.78, 5) is 2.50. The molecule has 0 spiro atoms. The predicted octanol–water partition coefficient (Wildman–Crippen LogP) is 3.73. The van der Waals surface area contributed by atoms with Crippen LogP contribution in [-0.2, 0) is 4.74 Å². The van der Waals surface area contributed by atoms with Crippen molar-refractivity contribution in [1.82, 2.24) is 4.90 Å². The van der Waals surface area contributed by atoms with Gasteiger partial charge in [-0.3, -0.25) is 0 Å². The first-order valence-electron chi connectivity index (χ1n) is 7.84. The summed E-state index contributed by atoms with van der Waals surface area (Å²) in [5.41, 5.74) is 1.26. The van der Waals surface area contributed by atoms with E-state index in [0.29, 0.717) is 13.2 Å². The fraction of sp³-hybridized carbons (Fsp3) is 0.647. The molecule has 0 bridgehead atoms. The first-order valence-corrected chi connectivity index (χ1v) is 8.92. The lowest BCUT2D eigenvalue weighted by Crippen LogP contribution is -2.35. The summed E-state index contributed by atoms with van der Waals surface area (Å²) in [6, 6.07) is 6.25. The first kappa shape index (κ1) is 17.0. The Morgan fingerprint density at radius 1 is 1.19 bits per heavy atom. The number of piperidine rings is 1. The molecule has 0 amide bonds. The molecule has 1 fully saturated rings. The second kappa shape index (κ2) is 8.96. The molecule has 2 rings (SSSR count). The maximum atomic E-state index is 5.75. The van der Waals surface area contributed by atoms with E-state index in [2.05, 4.69) is 53.5 Å². The normalized spacial score (nSPS) is 17.1. The van der Waals surface area contributed by atoms with Gasteiger partial charge in [-0.15, -0.1) is 0 Å². The Morgan fingerprint density at radius 2 is 1.95 bits per heavy atom. The van der Waals surface area contributed by atoms with Crippen LogP contribution in [0.3, 0.4) is 0 Å². The second-order valence-electron chi connectivity index (χ2n) is 5.92. The van der Waals surface area contributed by atoms with Crippen molar-refractivity contribution in [1.29, 1.82) is 0 Å². The van der Waals surface area contributed by atoms with Crippen molar-refractivity contribution < 1.29 is 9.47 Å². The predicted molar refractivity (Wildman–Crippen MR) is 95.0 cm³/mol. The Kier molecular flexibility index (Phi) is 7.26. The van der Waals surface area contributed by atoms with E-state index in [0.717, 1.165) is 28.4 Å². The average molecular weight is 403 g/mol. The van der Waals surface area contributed by atoms with Gasteiger partial charge in [0.2, 0.25) is 0 Å². The topological polar surface area (TPSA) is 21.7 Å². The van der Waals surface area contributed by atoms with E-state index in [4.69, 9.17) is 9.47 Å². The van der Waals surface area contributed by atoms with Gasteiger partial charge in [0.15, 0.2) is 0 Å². The van der Waals surface area contributed by atoms with Crippen molar-refractivity contribution in [3.8, 4) is 5.75 Å². The van der Waals surface area contributed by atoms with E-state index in [1.165, 1.54) is 31.5 Å². The molecule has 0 aromatic heterocycles. The smallest absolute Gasteiger partial charge is 0.132 e. The van der Waals surface area contributed by atoms with Crippen molar-refractivity contribution in [2.75, 3.05) is 39.5 Å². The Balaban J connectivity index is 1.54. The number of ether oxygens (including phenoxy) is 2. The SMILES string of the molecule is Cc1ccc(OCCOCCN2CCC(C)CC2)c(I)c1. The van der Waals surface area contributed by atoms with E-state index in [1.54, 1.807) is 0 Å². The fourth-order valence-corrected chi connectivity index (χ4v) is 3.34. The van der Waals surface area contributed by atoms with Crippen LogP contribution < -0.4 is 4.74 Å². The van der Waals surface area contributed by atoms with Gasteiger partial charge >= 0.3 is 0 Å². The van der Waals surface area contributed by atoms with Crippen LogP contribution in [-0.4, -0.2) is 44.4 Å². The van der Waals surface area contributed by atoms with Crippen molar-refractivity contribution in [3.63, 3.8) is 0 Å². The van der Waals surface area contributed by atoms with Gasteiger partial charge in [-0.25, -0.2) is 0 Å². The molecule has 4 heteroatoms. The minimum Gasteiger partial charge on any atom is -0.490 e. The summed E-state index contributed by atoms with van der Waals surface area (Å²) in [7, 11) is 0. The molecule has 1 aromatic rings. The number of halogens is 1. The number of benzene rings is 1. The van der Waals surface area contributed by atoms with Crippen molar-refractivity contribution in [2.24, 2.45) is 5.92 Å². The molecule has 1 aromatic carbocycles. The molecule has 0 saturated carbocycles. The molecule has 0 N–H and O–H groups in total. The molecule has 3 nitrogen and oxygen atoms in total. The van der Waals surface area contributed by atoms with Crippen LogP contribution in [0.5, 0.6) is 5.75 Å². The lowest BCUT2D eigenvalue weighted by atomic mass is 9.99. The Bertz CT molecular complexity index is 431. The molecule has 0 radical (unpaired) electrons. The quantitative estimate of drug-likeness (QED) is 0.512.